The second kappa shape index (κ2) is 4.34. The molecule has 0 amide bonds. The van der Waals surface area contributed by atoms with Gasteiger partial charge in [0.2, 0.25) is 0 Å². The molecule has 2 aromatic carbocycles. The summed E-state index contributed by atoms with van der Waals surface area (Å²) >= 11 is 0. The molecule has 1 unspecified atom stereocenters. The van der Waals surface area contributed by atoms with Gasteiger partial charge >= 0.3 is 0 Å². The Morgan fingerprint density at radius 1 is 1.00 bits per heavy atom. The van der Waals surface area contributed by atoms with E-state index < -0.39 is 11.6 Å². The highest BCUT2D eigenvalue weighted by atomic mass is 19.2. The third-order valence-corrected chi connectivity index (χ3v) is 3.82. The van der Waals surface area contributed by atoms with E-state index in [-0.39, 0.29) is 6.04 Å². The van der Waals surface area contributed by atoms with Crippen molar-refractivity contribution in [3.63, 3.8) is 0 Å². The summed E-state index contributed by atoms with van der Waals surface area (Å²) in [6, 6.07) is 8.40. The maximum Gasteiger partial charge on any atom is 0.159 e. The molecule has 0 saturated heterocycles. The minimum atomic E-state index is -0.800. The van der Waals surface area contributed by atoms with Crippen molar-refractivity contribution in [2.45, 2.75) is 26.3 Å². The van der Waals surface area contributed by atoms with Crippen molar-refractivity contribution < 1.29 is 8.78 Å². The van der Waals surface area contributed by atoms with E-state index in [0.717, 1.165) is 17.7 Å². The Hall–Kier alpha value is -1.90. The second-order valence-corrected chi connectivity index (χ2v) is 5.17. The van der Waals surface area contributed by atoms with Gasteiger partial charge in [0.05, 0.1) is 6.04 Å². The summed E-state index contributed by atoms with van der Waals surface area (Å²) in [4.78, 5) is 0. The number of anilines is 1. The molecule has 3 rings (SSSR count). The summed E-state index contributed by atoms with van der Waals surface area (Å²) in [5.41, 5.74) is 5.60. The Bertz CT molecular complexity index is 618. The van der Waals surface area contributed by atoms with Gasteiger partial charge in [-0.2, -0.15) is 0 Å². The second-order valence-electron chi connectivity index (χ2n) is 5.17. The molecule has 19 heavy (non-hydrogen) atoms. The number of rotatable bonds is 1. The largest absolute Gasteiger partial charge is 0.378 e. The maximum atomic E-state index is 13.3. The van der Waals surface area contributed by atoms with Crippen LogP contribution in [0.15, 0.2) is 30.3 Å². The SMILES string of the molecule is Cc1cc2c(cc1C)NC(c1ccc(F)c(F)c1)C2. The van der Waals surface area contributed by atoms with Gasteiger partial charge in [-0.3, -0.25) is 0 Å². The lowest BCUT2D eigenvalue weighted by Gasteiger charge is -2.12. The van der Waals surface area contributed by atoms with Gasteiger partial charge in [0, 0.05) is 5.69 Å². The van der Waals surface area contributed by atoms with E-state index in [0.29, 0.717) is 0 Å². The molecule has 0 aliphatic carbocycles. The lowest BCUT2D eigenvalue weighted by atomic mass is 10.0. The molecule has 1 atom stereocenters. The number of hydrogen-bond acceptors (Lipinski definition) is 1. The van der Waals surface area contributed by atoms with E-state index in [1.165, 1.54) is 28.8 Å². The van der Waals surface area contributed by atoms with Crippen molar-refractivity contribution >= 4 is 5.69 Å². The van der Waals surface area contributed by atoms with E-state index in [1.54, 1.807) is 6.07 Å². The van der Waals surface area contributed by atoms with Crippen molar-refractivity contribution in [2.75, 3.05) is 5.32 Å². The highest BCUT2D eigenvalue weighted by Gasteiger charge is 2.23. The van der Waals surface area contributed by atoms with Crippen molar-refractivity contribution in [1.29, 1.82) is 0 Å². The highest BCUT2D eigenvalue weighted by molar-refractivity contribution is 5.61. The van der Waals surface area contributed by atoms with Gasteiger partial charge in [-0.25, -0.2) is 8.78 Å². The molecular weight excluding hydrogens is 244 g/mol. The lowest BCUT2D eigenvalue weighted by molar-refractivity contribution is 0.506. The first kappa shape index (κ1) is 12.2. The molecule has 1 aliphatic rings. The zero-order chi connectivity index (χ0) is 13.6. The fraction of sp³-hybridized carbons (Fsp3) is 0.250. The molecule has 0 bridgehead atoms. The molecule has 0 spiro atoms. The predicted octanol–water partition coefficient (Wildman–Crippen LogP) is 4.29. The number of fused-ring (bicyclic) bond motifs is 1. The van der Waals surface area contributed by atoms with Gasteiger partial charge in [0.1, 0.15) is 0 Å². The molecule has 3 heteroatoms. The quantitative estimate of drug-likeness (QED) is 0.805. The Morgan fingerprint density at radius 3 is 2.47 bits per heavy atom. The van der Waals surface area contributed by atoms with Crippen LogP contribution in [-0.4, -0.2) is 0 Å². The van der Waals surface area contributed by atoms with Crippen LogP contribution < -0.4 is 5.32 Å². The molecule has 0 radical (unpaired) electrons. The normalized spacial score (nSPS) is 17.2. The molecule has 1 nitrogen and oxygen atoms in total. The summed E-state index contributed by atoms with van der Waals surface area (Å²) in [6.45, 7) is 4.16. The summed E-state index contributed by atoms with van der Waals surface area (Å²) < 4.78 is 26.2. The first-order chi connectivity index (χ1) is 9.04. The van der Waals surface area contributed by atoms with Crippen LogP contribution in [0.25, 0.3) is 0 Å². The standard InChI is InChI=1S/C16H15F2N/c1-9-5-12-8-16(19-15(12)6-10(9)2)11-3-4-13(17)14(18)7-11/h3-7,16,19H,8H2,1-2H3. The number of halogens is 2. The van der Waals surface area contributed by atoms with Gasteiger partial charge in [-0.1, -0.05) is 12.1 Å². The van der Waals surface area contributed by atoms with Crippen molar-refractivity contribution in [1.82, 2.24) is 0 Å². The molecule has 0 fully saturated rings. The molecule has 0 aromatic heterocycles. The average Bonchev–Trinajstić information content (AvgIpc) is 2.76. The van der Waals surface area contributed by atoms with Crippen LogP contribution in [0.2, 0.25) is 0 Å². The van der Waals surface area contributed by atoms with Crippen LogP contribution in [0.1, 0.15) is 28.3 Å². The maximum absolute atomic E-state index is 13.3. The van der Waals surface area contributed by atoms with E-state index in [2.05, 4.69) is 31.3 Å². The third kappa shape index (κ3) is 2.09. The molecule has 0 saturated carbocycles. The summed E-state index contributed by atoms with van der Waals surface area (Å²) in [7, 11) is 0. The number of benzene rings is 2. The van der Waals surface area contributed by atoms with Crippen LogP contribution in [0, 0.1) is 25.5 Å². The van der Waals surface area contributed by atoms with Crippen LogP contribution in [-0.2, 0) is 6.42 Å². The molecule has 2 aromatic rings. The van der Waals surface area contributed by atoms with Gasteiger partial charge in [-0.15, -0.1) is 0 Å². The zero-order valence-electron chi connectivity index (χ0n) is 10.9. The van der Waals surface area contributed by atoms with Crippen LogP contribution in [0.4, 0.5) is 14.5 Å². The van der Waals surface area contributed by atoms with Crippen LogP contribution in [0.5, 0.6) is 0 Å². The number of nitrogens with one attached hydrogen (secondary N) is 1. The van der Waals surface area contributed by atoms with E-state index >= 15 is 0 Å². The first-order valence-electron chi connectivity index (χ1n) is 6.36. The zero-order valence-corrected chi connectivity index (χ0v) is 10.9. The molecular formula is C16H15F2N. The topological polar surface area (TPSA) is 12.0 Å². The van der Waals surface area contributed by atoms with Crippen LogP contribution >= 0.6 is 0 Å². The van der Waals surface area contributed by atoms with Crippen LogP contribution in [0.3, 0.4) is 0 Å². The fourth-order valence-corrected chi connectivity index (χ4v) is 2.57. The van der Waals surface area contributed by atoms with E-state index in [9.17, 15) is 8.78 Å². The summed E-state index contributed by atoms with van der Waals surface area (Å²) in [5, 5.41) is 3.38. The van der Waals surface area contributed by atoms with Crippen molar-refractivity contribution in [2.24, 2.45) is 0 Å². The Balaban J connectivity index is 1.93. The summed E-state index contributed by atoms with van der Waals surface area (Å²) in [5.74, 6) is -1.59. The lowest BCUT2D eigenvalue weighted by Crippen LogP contribution is -2.06. The third-order valence-electron chi connectivity index (χ3n) is 3.82. The number of hydrogen-bond donors (Lipinski definition) is 1. The molecule has 1 aliphatic heterocycles. The van der Waals surface area contributed by atoms with Crippen molar-refractivity contribution in [3.8, 4) is 0 Å². The van der Waals surface area contributed by atoms with Gasteiger partial charge < -0.3 is 5.32 Å². The van der Waals surface area contributed by atoms with E-state index in [4.69, 9.17) is 0 Å². The van der Waals surface area contributed by atoms with Gasteiger partial charge in [0.15, 0.2) is 11.6 Å². The van der Waals surface area contributed by atoms with Gasteiger partial charge in [0.25, 0.3) is 0 Å². The monoisotopic (exact) mass is 259 g/mol. The minimum absolute atomic E-state index is 0.0197. The Morgan fingerprint density at radius 2 is 1.74 bits per heavy atom. The molecule has 98 valence electrons. The predicted molar refractivity (Wildman–Crippen MR) is 72.3 cm³/mol. The first-order valence-corrected chi connectivity index (χ1v) is 6.36. The smallest absolute Gasteiger partial charge is 0.159 e. The molecule has 1 N–H and O–H groups in total. The molecule has 1 heterocycles. The summed E-state index contributed by atoms with van der Waals surface area (Å²) in [6.07, 6.45) is 0.807. The Kier molecular flexibility index (Phi) is 2.77. The highest BCUT2D eigenvalue weighted by Crippen LogP contribution is 2.36. The van der Waals surface area contributed by atoms with Crippen molar-refractivity contribution in [3.05, 3.63) is 64.2 Å². The van der Waals surface area contributed by atoms with Gasteiger partial charge in [-0.05, 0) is 60.7 Å². The minimum Gasteiger partial charge on any atom is -0.378 e. The average molecular weight is 259 g/mol. The van der Waals surface area contributed by atoms with E-state index in [1.807, 2.05) is 0 Å². The fourth-order valence-electron chi connectivity index (χ4n) is 2.57. The Labute approximate surface area is 111 Å². The number of aryl methyl sites for hydroxylation is 2.